The molecule has 1 N–H and O–H groups in total. The maximum Gasteiger partial charge on any atom is 0.262 e. The van der Waals surface area contributed by atoms with Crippen molar-refractivity contribution in [3.63, 3.8) is 0 Å². The van der Waals surface area contributed by atoms with E-state index in [1.54, 1.807) is 24.3 Å². The third-order valence-corrected chi connectivity index (χ3v) is 4.42. The van der Waals surface area contributed by atoms with Gasteiger partial charge in [0, 0.05) is 24.3 Å². The molecule has 0 radical (unpaired) electrons. The van der Waals surface area contributed by atoms with Crippen LogP contribution < -0.4 is 10.1 Å². The molecule has 2 aromatic rings. The van der Waals surface area contributed by atoms with Gasteiger partial charge in [0.15, 0.2) is 6.61 Å². The highest BCUT2D eigenvalue weighted by Crippen LogP contribution is 2.22. The fourth-order valence-corrected chi connectivity index (χ4v) is 3.13. The summed E-state index contributed by atoms with van der Waals surface area (Å²) in [5.74, 6) is 0.467. The smallest absolute Gasteiger partial charge is 0.262 e. The molecular weight excluding hydrogens is 352 g/mol. The summed E-state index contributed by atoms with van der Waals surface area (Å²) in [5.41, 5.74) is 3.16. The first-order valence-electron chi connectivity index (χ1n) is 9.84. The van der Waals surface area contributed by atoms with Crippen molar-refractivity contribution < 1.29 is 14.3 Å². The van der Waals surface area contributed by atoms with Crippen LogP contribution in [0.1, 0.15) is 48.2 Å². The third-order valence-electron chi connectivity index (χ3n) is 4.42. The van der Waals surface area contributed by atoms with Crippen molar-refractivity contribution in [3.05, 3.63) is 59.2 Å². The van der Waals surface area contributed by atoms with Crippen LogP contribution in [0.15, 0.2) is 42.5 Å². The summed E-state index contributed by atoms with van der Waals surface area (Å²) < 4.78 is 5.69. The van der Waals surface area contributed by atoms with Crippen molar-refractivity contribution in [3.8, 4) is 5.75 Å². The van der Waals surface area contributed by atoms with Gasteiger partial charge in [-0.05, 0) is 56.0 Å². The number of benzene rings is 2. The molecule has 2 amide bonds. The van der Waals surface area contributed by atoms with Gasteiger partial charge < -0.3 is 15.0 Å². The molecule has 0 saturated carbocycles. The molecule has 2 rings (SSSR count). The van der Waals surface area contributed by atoms with E-state index in [4.69, 9.17) is 4.74 Å². The average molecular weight is 383 g/mol. The minimum Gasteiger partial charge on any atom is -0.483 e. The van der Waals surface area contributed by atoms with Crippen LogP contribution in [-0.2, 0) is 4.79 Å². The zero-order chi connectivity index (χ0) is 20.5. The summed E-state index contributed by atoms with van der Waals surface area (Å²) in [7, 11) is 0. The first-order chi connectivity index (χ1) is 13.5. The van der Waals surface area contributed by atoms with E-state index < -0.39 is 0 Å². The number of anilines is 1. The van der Waals surface area contributed by atoms with Crippen molar-refractivity contribution in [2.45, 2.75) is 40.5 Å². The van der Waals surface area contributed by atoms with Gasteiger partial charge in [0.05, 0.1) is 0 Å². The Balaban J connectivity index is 2.01. The number of carbonyl (C=O) groups excluding carboxylic acids is 2. The molecule has 0 fully saturated rings. The second-order valence-corrected chi connectivity index (χ2v) is 6.93. The molecule has 0 atom stereocenters. The highest BCUT2D eigenvalue weighted by Gasteiger charge is 2.15. The molecule has 0 aliphatic carbocycles. The van der Waals surface area contributed by atoms with Crippen LogP contribution in [0.5, 0.6) is 5.75 Å². The van der Waals surface area contributed by atoms with Gasteiger partial charge >= 0.3 is 0 Å². The van der Waals surface area contributed by atoms with E-state index in [2.05, 4.69) is 19.2 Å². The summed E-state index contributed by atoms with van der Waals surface area (Å²) in [5, 5.41) is 2.81. The highest BCUT2D eigenvalue weighted by molar-refractivity contribution is 5.97. The van der Waals surface area contributed by atoms with Crippen molar-refractivity contribution in [1.29, 1.82) is 0 Å². The van der Waals surface area contributed by atoms with E-state index in [0.717, 1.165) is 42.8 Å². The lowest BCUT2D eigenvalue weighted by atomic mass is 10.1. The number of hydrogen-bond donors (Lipinski definition) is 1. The Hall–Kier alpha value is -2.82. The molecule has 5 nitrogen and oxygen atoms in total. The van der Waals surface area contributed by atoms with Gasteiger partial charge in [0.25, 0.3) is 11.8 Å². The number of ether oxygens (including phenoxy) is 1. The number of carbonyl (C=O) groups is 2. The molecule has 0 heterocycles. The van der Waals surface area contributed by atoms with Crippen LogP contribution in [0.4, 0.5) is 5.69 Å². The lowest BCUT2D eigenvalue weighted by Gasteiger charge is -2.21. The molecule has 0 spiro atoms. The maximum atomic E-state index is 12.7. The summed E-state index contributed by atoms with van der Waals surface area (Å²) in [6, 6.07) is 12.9. The second-order valence-electron chi connectivity index (χ2n) is 6.93. The zero-order valence-electron chi connectivity index (χ0n) is 17.2. The summed E-state index contributed by atoms with van der Waals surface area (Å²) in [6.45, 7) is 9.40. The van der Waals surface area contributed by atoms with E-state index in [0.29, 0.717) is 11.3 Å². The maximum absolute atomic E-state index is 12.7. The lowest BCUT2D eigenvalue weighted by Crippen LogP contribution is -2.32. The Bertz CT molecular complexity index is 791. The fourth-order valence-electron chi connectivity index (χ4n) is 3.13. The minimum absolute atomic E-state index is 0.00779. The first-order valence-corrected chi connectivity index (χ1v) is 9.84. The summed E-state index contributed by atoms with van der Waals surface area (Å²) in [6.07, 6.45) is 1.83. The fraction of sp³-hybridized carbons (Fsp3) is 0.391. The number of para-hydroxylation sites is 1. The standard InChI is InChI=1S/C23H30N2O3/c1-5-13-25(14-6-2)23(27)19-11-8-12-20(15-19)24-21(26)16-28-22-17(3)9-7-10-18(22)4/h7-12,15H,5-6,13-14,16H2,1-4H3,(H,24,26). The molecule has 0 aliphatic rings. The molecule has 28 heavy (non-hydrogen) atoms. The van der Waals surface area contributed by atoms with Gasteiger partial charge in [-0.2, -0.15) is 0 Å². The van der Waals surface area contributed by atoms with Crippen LogP contribution in [0.2, 0.25) is 0 Å². The molecule has 0 bridgehead atoms. The van der Waals surface area contributed by atoms with E-state index in [1.807, 2.05) is 36.9 Å². The third kappa shape index (κ3) is 5.84. The zero-order valence-corrected chi connectivity index (χ0v) is 17.2. The van der Waals surface area contributed by atoms with Crippen LogP contribution in [0.3, 0.4) is 0 Å². The Morgan fingerprint density at radius 3 is 2.18 bits per heavy atom. The Kier molecular flexibility index (Phi) is 8.05. The van der Waals surface area contributed by atoms with Crippen LogP contribution in [0, 0.1) is 13.8 Å². The average Bonchev–Trinajstić information content (AvgIpc) is 2.67. The van der Waals surface area contributed by atoms with E-state index in [1.165, 1.54) is 0 Å². The van der Waals surface area contributed by atoms with Gasteiger partial charge in [-0.1, -0.05) is 38.1 Å². The van der Waals surface area contributed by atoms with Crippen LogP contribution in [0.25, 0.3) is 0 Å². The summed E-state index contributed by atoms with van der Waals surface area (Å²) >= 11 is 0. The van der Waals surface area contributed by atoms with Crippen molar-refractivity contribution >= 4 is 17.5 Å². The first kappa shape index (κ1) is 21.5. The Labute approximate surface area is 167 Å². The van der Waals surface area contributed by atoms with Crippen LogP contribution >= 0.6 is 0 Å². The molecule has 0 unspecified atom stereocenters. The van der Waals surface area contributed by atoms with Crippen molar-refractivity contribution in [1.82, 2.24) is 4.90 Å². The normalized spacial score (nSPS) is 10.4. The van der Waals surface area contributed by atoms with E-state index in [9.17, 15) is 9.59 Å². The van der Waals surface area contributed by atoms with Gasteiger partial charge in [-0.3, -0.25) is 9.59 Å². The SMILES string of the molecule is CCCN(CCC)C(=O)c1cccc(NC(=O)COc2c(C)cccc2C)c1. The second kappa shape index (κ2) is 10.5. The molecule has 5 heteroatoms. The lowest BCUT2D eigenvalue weighted by molar-refractivity contribution is -0.118. The largest absolute Gasteiger partial charge is 0.483 e. The summed E-state index contributed by atoms with van der Waals surface area (Å²) in [4.78, 5) is 26.9. The van der Waals surface area contributed by atoms with E-state index in [-0.39, 0.29) is 18.4 Å². The number of nitrogens with one attached hydrogen (secondary N) is 1. The topological polar surface area (TPSA) is 58.6 Å². The van der Waals surface area contributed by atoms with Gasteiger partial charge in [-0.25, -0.2) is 0 Å². The van der Waals surface area contributed by atoms with Gasteiger partial charge in [0.2, 0.25) is 0 Å². The number of hydrogen-bond acceptors (Lipinski definition) is 3. The Morgan fingerprint density at radius 1 is 0.964 bits per heavy atom. The van der Waals surface area contributed by atoms with Gasteiger partial charge in [-0.15, -0.1) is 0 Å². The highest BCUT2D eigenvalue weighted by atomic mass is 16.5. The van der Waals surface area contributed by atoms with Gasteiger partial charge in [0.1, 0.15) is 5.75 Å². The predicted octanol–water partition coefficient (Wildman–Crippen LogP) is 4.58. The van der Waals surface area contributed by atoms with Crippen molar-refractivity contribution in [2.75, 3.05) is 25.0 Å². The molecule has 0 aliphatic heterocycles. The molecule has 2 aromatic carbocycles. The molecule has 0 aromatic heterocycles. The number of aryl methyl sites for hydroxylation is 2. The molecule has 150 valence electrons. The predicted molar refractivity (Wildman–Crippen MR) is 113 cm³/mol. The molecule has 0 saturated heterocycles. The van der Waals surface area contributed by atoms with E-state index >= 15 is 0 Å². The monoisotopic (exact) mass is 382 g/mol. The minimum atomic E-state index is -0.258. The quantitative estimate of drug-likeness (QED) is 0.690. The number of nitrogens with zero attached hydrogens (tertiary/aromatic N) is 1. The number of amides is 2. The number of rotatable bonds is 9. The van der Waals surface area contributed by atoms with Crippen molar-refractivity contribution in [2.24, 2.45) is 0 Å². The Morgan fingerprint density at radius 2 is 1.57 bits per heavy atom. The van der Waals surface area contributed by atoms with Crippen LogP contribution in [-0.4, -0.2) is 36.4 Å². The molecular formula is C23H30N2O3.